The molecular weight excluding hydrogens is 514 g/mol. The molecule has 1 atom stereocenters. The van der Waals surface area contributed by atoms with Crippen LogP contribution in [0.4, 0.5) is 17.3 Å². The Morgan fingerprint density at radius 2 is 1.82 bits per heavy atom. The van der Waals surface area contributed by atoms with Gasteiger partial charge < -0.3 is 40.6 Å². The number of carbonyl (C=O) groups is 2. The lowest BCUT2D eigenvalue weighted by Gasteiger charge is -2.34. The zero-order valence-electron chi connectivity index (χ0n) is 22.9. The summed E-state index contributed by atoms with van der Waals surface area (Å²) in [6.07, 6.45) is 3.20. The summed E-state index contributed by atoms with van der Waals surface area (Å²) in [4.78, 5) is 35.8. The van der Waals surface area contributed by atoms with Crippen molar-refractivity contribution in [1.29, 1.82) is 0 Å². The number of quaternary nitrogens is 1. The van der Waals surface area contributed by atoms with Crippen molar-refractivity contribution in [3.05, 3.63) is 71.2 Å². The number of hydrogen-bond donors (Lipinski definition) is 3. The minimum absolute atomic E-state index is 0.0147. The summed E-state index contributed by atoms with van der Waals surface area (Å²) in [5, 5.41) is 17.9. The van der Waals surface area contributed by atoms with Gasteiger partial charge in [0.15, 0.2) is 11.5 Å². The van der Waals surface area contributed by atoms with Crippen molar-refractivity contribution < 1.29 is 23.7 Å². The first-order valence-electron chi connectivity index (χ1n) is 13.0. The van der Waals surface area contributed by atoms with Gasteiger partial charge in [-0.25, -0.2) is 9.97 Å². The maximum atomic E-state index is 12.8. The van der Waals surface area contributed by atoms with Crippen LogP contribution in [-0.2, 0) is 0 Å². The van der Waals surface area contributed by atoms with Crippen LogP contribution in [0.3, 0.4) is 0 Å². The Labute approximate surface area is 233 Å². The van der Waals surface area contributed by atoms with E-state index in [4.69, 9.17) is 15.2 Å². The minimum Gasteiger partial charge on any atom is -0.633 e. The number of rotatable bonds is 11. The van der Waals surface area contributed by atoms with E-state index in [2.05, 4.69) is 20.6 Å². The molecule has 4 rings (SSSR count). The van der Waals surface area contributed by atoms with Crippen LogP contribution in [-0.4, -0.2) is 79.9 Å². The first-order valence-corrected chi connectivity index (χ1v) is 13.0. The summed E-state index contributed by atoms with van der Waals surface area (Å²) in [5.41, 5.74) is 6.79. The van der Waals surface area contributed by atoms with Crippen LogP contribution in [0.2, 0.25) is 0 Å². The molecule has 1 saturated heterocycles. The first kappa shape index (κ1) is 28.6. The maximum Gasteiger partial charge on any atom is 0.271 e. The number of ether oxygens (including phenoxy) is 2. The van der Waals surface area contributed by atoms with Gasteiger partial charge in [0.1, 0.15) is 30.5 Å². The number of hydroxylamine groups is 3. The quantitative estimate of drug-likeness (QED) is 0.242. The standard InChI is InChI=1S/C28H35N7O5/c1-35(2,38)15-16-40-23-12-8-20(9-13-23)31-27-25(26(29)36)30-17-24(33-27)34-14-4-5-21(18-34)32-28(37)19-6-10-22(39-3)11-7-19/h6-13,17,21H,4-5,14-16,18H2,1-3H3,(H2,29,36)(H,31,33)(H,32,37). The van der Waals surface area contributed by atoms with Gasteiger partial charge in [-0.1, -0.05) is 0 Å². The van der Waals surface area contributed by atoms with E-state index in [-0.39, 0.29) is 23.5 Å². The molecular formula is C28H35N7O5. The number of aromatic nitrogens is 2. The second kappa shape index (κ2) is 12.6. The maximum absolute atomic E-state index is 12.8. The lowest BCUT2D eigenvalue weighted by Crippen LogP contribution is -2.48. The Balaban J connectivity index is 1.42. The molecule has 1 aliphatic rings. The normalized spacial score (nSPS) is 15.3. The summed E-state index contributed by atoms with van der Waals surface area (Å²) < 4.78 is 10.4. The summed E-state index contributed by atoms with van der Waals surface area (Å²) in [6.45, 7) is 1.88. The molecule has 1 aromatic heterocycles. The van der Waals surface area contributed by atoms with E-state index >= 15 is 0 Å². The van der Waals surface area contributed by atoms with Crippen LogP contribution in [0, 0.1) is 5.21 Å². The average Bonchev–Trinajstić information content (AvgIpc) is 2.93. The fourth-order valence-electron chi connectivity index (χ4n) is 4.27. The van der Waals surface area contributed by atoms with E-state index in [0.29, 0.717) is 48.3 Å². The highest BCUT2D eigenvalue weighted by molar-refractivity contribution is 5.96. The topological polar surface area (TPSA) is 155 Å². The Bertz CT molecular complexity index is 1310. The molecule has 0 radical (unpaired) electrons. The lowest BCUT2D eigenvalue weighted by molar-refractivity contribution is -0.840. The smallest absolute Gasteiger partial charge is 0.271 e. The number of carbonyl (C=O) groups excluding carboxylic acids is 2. The van der Waals surface area contributed by atoms with Crippen molar-refractivity contribution in [3.63, 3.8) is 0 Å². The highest BCUT2D eigenvalue weighted by atomic mass is 16.5. The number of methoxy groups -OCH3 is 1. The summed E-state index contributed by atoms with van der Waals surface area (Å²) in [7, 11) is 4.70. The van der Waals surface area contributed by atoms with Gasteiger partial charge in [-0.2, -0.15) is 0 Å². The van der Waals surface area contributed by atoms with E-state index in [1.165, 1.54) is 6.20 Å². The van der Waals surface area contributed by atoms with Gasteiger partial charge in [0.05, 0.1) is 27.4 Å². The van der Waals surface area contributed by atoms with E-state index in [1.807, 2.05) is 4.90 Å². The third-order valence-corrected chi connectivity index (χ3v) is 6.44. The van der Waals surface area contributed by atoms with Gasteiger partial charge in [-0.15, -0.1) is 0 Å². The van der Waals surface area contributed by atoms with Crippen LogP contribution < -0.4 is 30.7 Å². The molecule has 1 aliphatic heterocycles. The van der Waals surface area contributed by atoms with Gasteiger partial charge in [-0.05, 0) is 61.4 Å². The molecule has 0 bridgehead atoms. The van der Waals surface area contributed by atoms with Crippen molar-refractivity contribution >= 4 is 29.1 Å². The zero-order chi connectivity index (χ0) is 28.7. The van der Waals surface area contributed by atoms with Gasteiger partial charge in [0.25, 0.3) is 11.8 Å². The molecule has 2 aromatic carbocycles. The summed E-state index contributed by atoms with van der Waals surface area (Å²) >= 11 is 0. The third kappa shape index (κ3) is 7.80. The Kier molecular flexibility index (Phi) is 9.02. The number of nitrogens with one attached hydrogen (secondary N) is 2. The SMILES string of the molecule is COc1ccc(C(=O)NC2CCCN(c3cnc(C(N)=O)c(Nc4ccc(OCC[N+](C)(C)[O-])cc4)n3)C2)cc1. The molecule has 0 saturated carbocycles. The van der Waals surface area contributed by atoms with Crippen LogP contribution >= 0.6 is 0 Å². The van der Waals surface area contributed by atoms with Gasteiger partial charge in [0.2, 0.25) is 0 Å². The molecule has 12 nitrogen and oxygen atoms in total. The highest BCUT2D eigenvalue weighted by Gasteiger charge is 2.24. The van der Waals surface area contributed by atoms with Crippen LogP contribution in [0.5, 0.6) is 11.5 Å². The van der Waals surface area contributed by atoms with Gasteiger partial charge >= 0.3 is 0 Å². The van der Waals surface area contributed by atoms with Crippen molar-refractivity contribution in [2.45, 2.75) is 18.9 Å². The Hall–Kier alpha value is -4.42. The number of amides is 2. The molecule has 2 amide bonds. The monoisotopic (exact) mass is 549 g/mol. The number of piperidine rings is 1. The van der Waals surface area contributed by atoms with Crippen molar-refractivity contribution in [2.24, 2.45) is 5.73 Å². The van der Waals surface area contributed by atoms with Crippen molar-refractivity contribution in [2.75, 3.05) is 57.7 Å². The zero-order valence-corrected chi connectivity index (χ0v) is 22.9. The molecule has 0 aliphatic carbocycles. The number of nitrogens with zero attached hydrogens (tertiary/aromatic N) is 4. The van der Waals surface area contributed by atoms with E-state index in [0.717, 1.165) is 19.4 Å². The molecule has 2 heterocycles. The number of likely N-dealkylation sites (N-methyl/N-ethyl adjacent to an activating group) is 1. The summed E-state index contributed by atoms with van der Waals surface area (Å²) in [6, 6.07) is 13.9. The van der Waals surface area contributed by atoms with Crippen LogP contribution in [0.15, 0.2) is 54.7 Å². The molecule has 0 spiro atoms. The highest BCUT2D eigenvalue weighted by Crippen LogP contribution is 2.25. The molecule has 4 N–H and O–H groups in total. The number of nitrogens with two attached hydrogens (primary N) is 1. The van der Waals surface area contributed by atoms with E-state index < -0.39 is 10.6 Å². The molecule has 212 valence electrons. The second-order valence-corrected chi connectivity index (χ2v) is 10.1. The fourth-order valence-corrected chi connectivity index (χ4v) is 4.27. The average molecular weight is 550 g/mol. The molecule has 40 heavy (non-hydrogen) atoms. The molecule has 3 aromatic rings. The number of hydrogen-bond acceptors (Lipinski definition) is 9. The molecule has 1 fully saturated rings. The van der Waals surface area contributed by atoms with Crippen LogP contribution in [0.1, 0.15) is 33.7 Å². The third-order valence-electron chi connectivity index (χ3n) is 6.44. The Morgan fingerprint density at radius 1 is 1.12 bits per heavy atom. The molecule has 12 heteroatoms. The number of primary amides is 1. The predicted molar refractivity (Wildman–Crippen MR) is 152 cm³/mol. The molecule has 1 unspecified atom stereocenters. The number of anilines is 3. The van der Waals surface area contributed by atoms with Crippen molar-refractivity contribution in [1.82, 2.24) is 15.3 Å². The van der Waals surface area contributed by atoms with Gasteiger partial charge in [-0.3, -0.25) is 9.59 Å². The van der Waals surface area contributed by atoms with Gasteiger partial charge in [0, 0.05) is 30.4 Å². The van der Waals surface area contributed by atoms with E-state index in [1.54, 1.807) is 69.7 Å². The fraction of sp³-hybridized carbons (Fsp3) is 0.357. The second-order valence-electron chi connectivity index (χ2n) is 10.1. The van der Waals surface area contributed by atoms with Crippen LogP contribution in [0.25, 0.3) is 0 Å². The number of benzene rings is 2. The lowest BCUT2D eigenvalue weighted by atomic mass is 10.0. The first-order chi connectivity index (χ1) is 19.1. The Morgan fingerprint density at radius 3 is 2.48 bits per heavy atom. The minimum atomic E-state index is -0.705. The summed E-state index contributed by atoms with van der Waals surface area (Å²) in [5.74, 6) is 1.23. The predicted octanol–water partition coefficient (Wildman–Crippen LogP) is 2.68. The largest absolute Gasteiger partial charge is 0.633 e. The van der Waals surface area contributed by atoms with Crippen molar-refractivity contribution in [3.8, 4) is 11.5 Å². The van der Waals surface area contributed by atoms with E-state index in [9.17, 15) is 14.8 Å².